The summed E-state index contributed by atoms with van der Waals surface area (Å²) in [6, 6.07) is 15.3. The Balaban J connectivity index is 1.70. The third-order valence-corrected chi connectivity index (χ3v) is 4.75. The summed E-state index contributed by atoms with van der Waals surface area (Å²) in [5.74, 6) is 0.462. The first kappa shape index (κ1) is 19.4. The molecule has 144 valence electrons. The van der Waals surface area contributed by atoms with E-state index in [0.717, 1.165) is 4.88 Å². The first-order valence-corrected chi connectivity index (χ1v) is 9.39. The number of rotatable bonds is 7. The third kappa shape index (κ3) is 5.31. The lowest BCUT2D eigenvalue weighted by molar-refractivity contribution is -0.141. The number of aromatic nitrogens is 1. The number of ether oxygens (including phenoxy) is 2. The fourth-order valence-corrected chi connectivity index (χ4v) is 3.22. The number of nitrogens with one attached hydrogen (secondary N) is 2. The molecule has 7 nitrogen and oxygen atoms in total. The van der Waals surface area contributed by atoms with Gasteiger partial charge in [-0.25, -0.2) is 9.78 Å². The van der Waals surface area contributed by atoms with Gasteiger partial charge in [-0.1, -0.05) is 24.3 Å². The van der Waals surface area contributed by atoms with Crippen molar-refractivity contribution in [3.63, 3.8) is 0 Å². The number of carbonyl (C=O) groups excluding carboxylic acids is 2. The molecule has 0 saturated carbocycles. The molecule has 3 aromatic rings. The van der Waals surface area contributed by atoms with Crippen LogP contribution in [-0.2, 0) is 9.53 Å². The summed E-state index contributed by atoms with van der Waals surface area (Å²) in [5.41, 5.74) is 0.409. The summed E-state index contributed by atoms with van der Waals surface area (Å²) in [6.07, 6.45) is 1.61. The molecule has 0 aliphatic carbocycles. The monoisotopic (exact) mass is 397 g/mol. The van der Waals surface area contributed by atoms with Crippen molar-refractivity contribution in [3.05, 3.63) is 71.1 Å². The van der Waals surface area contributed by atoms with Crippen LogP contribution in [0.15, 0.2) is 66.2 Å². The molecule has 0 bridgehead atoms. The standard InChI is InChI=1S/C20H19N3O4S/c1-26-18(24)13-16(17-10-6-12-28-17)23-20(25)22-15-9-5-11-21-19(15)27-14-7-3-2-4-8-14/h2-12,16H,13H2,1H3,(H2,22,23,25)/t16-/m1/s1. The number of carbonyl (C=O) groups is 2. The summed E-state index contributed by atoms with van der Waals surface area (Å²) < 4.78 is 10.5. The number of amides is 2. The van der Waals surface area contributed by atoms with Crippen LogP contribution in [0.3, 0.4) is 0 Å². The normalized spacial score (nSPS) is 11.3. The summed E-state index contributed by atoms with van der Waals surface area (Å²) >= 11 is 1.45. The summed E-state index contributed by atoms with van der Waals surface area (Å²) in [4.78, 5) is 29.3. The average Bonchev–Trinajstić information content (AvgIpc) is 3.24. The molecule has 0 fully saturated rings. The van der Waals surface area contributed by atoms with Gasteiger partial charge in [0, 0.05) is 11.1 Å². The molecule has 2 aromatic heterocycles. The number of esters is 1. The van der Waals surface area contributed by atoms with Gasteiger partial charge in [-0.2, -0.15) is 0 Å². The highest BCUT2D eigenvalue weighted by atomic mass is 32.1. The minimum absolute atomic E-state index is 0.0326. The molecular formula is C20H19N3O4S. The highest BCUT2D eigenvalue weighted by Crippen LogP contribution is 2.27. The van der Waals surface area contributed by atoms with Crippen LogP contribution < -0.4 is 15.4 Å². The largest absolute Gasteiger partial charge is 0.469 e. The van der Waals surface area contributed by atoms with Crippen molar-refractivity contribution in [2.75, 3.05) is 12.4 Å². The SMILES string of the molecule is COC(=O)C[C@@H](NC(=O)Nc1cccnc1Oc1ccccc1)c1cccs1. The molecule has 2 N–H and O–H groups in total. The van der Waals surface area contributed by atoms with Crippen LogP contribution in [0.25, 0.3) is 0 Å². The van der Waals surface area contributed by atoms with Crippen LogP contribution in [-0.4, -0.2) is 24.1 Å². The van der Waals surface area contributed by atoms with E-state index in [2.05, 4.69) is 15.6 Å². The highest BCUT2D eigenvalue weighted by molar-refractivity contribution is 7.10. The summed E-state index contributed by atoms with van der Waals surface area (Å²) in [6.45, 7) is 0. The van der Waals surface area contributed by atoms with E-state index >= 15 is 0 Å². The smallest absolute Gasteiger partial charge is 0.319 e. The lowest BCUT2D eigenvalue weighted by Crippen LogP contribution is -2.33. The van der Waals surface area contributed by atoms with Gasteiger partial charge >= 0.3 is 12.0 Å². The van der Waals surface area contributed by atoms with Gasteiger partial charge in [-0.05, 0) is 35.7 Å². The van der Waals surface area contributed by atoms with Gasteiger partial charge in [0.25, 0.3) is 0 Å². The minimum atomic E-state index is -0.498. The Morgan fingerprint density at radius 3 is 2.64 bits per heavy atom. The Morgan fingerprint density at radius 1 is 1.11 bits per heavy atom. The van der Waals surface area contributed by atoms with E-state index in [-0.39, 0.29) is 12.3 Å². The average molecular weight is 397 g/mol. The Labute approximate surface area is 166 Å². The van der Waals surface area contributed by atoms with Crippen molar-refractivity contribution in [2.24, 2.45) is 0 Å². The molecule has 1 atom stereocenters. The van der Waals surface area contributed by atoms with E-state index in [1.807, 2.05) is 35.7 Å². The molecule has 3 rings (SSSR count). The molecule has 1 aromatic carbocycles. The summed E-state index contributed by atoms with van der Waals surface area (Å²) in [5, 5.41) is 7.41. The van der Waals surface area contributed by atoms with E-state index in [9.17, 15) is 9.59 Å². The van der Waals surface area contributed by atoms with Gasteiger partial charge < -0.3 is 20.1 Å². The molecule has 0 aliphatic rings. The lowest BCUT2D eigenvalue weighted by atomic mass is 10.2. The van der Waals surface area contributed by atoms with Crippen molar-refractivity contribution < 1.29 is 19.1 Å². The number of para-hydroxylation sites is 1. The Hall–Kier alpha value is -3.39. The number of thiophene rings is 1. The molecule has 0 spiro atoms. The third-order valence-electron chi connectivity index (χ3n) is 3.77. The number of hydrogen-bond donors (Lipinski definition) is 2. The molecule has 0 saturated heterocycles. The van der Waals surface area contributed by atoms with Crippen molar-refractivity contribution >= 4 is 29.0 Å². The minimum Gasteiger partial charge on any atom is -0.469 e. The molecule has 0 aliphatic heterocycles. The number of hydrogen-bond acceptors (Lipinski definition) is 6. The summed E-state index contributed by atoms with van der Waals surface area (Å²) in [7, 11) is 1.32. The molecule has 8 heteroatoms. The maximum Gasteiger partial charge on any atom is 0.319 e. The highest BCUT2D eigenvalue weighted by Gasteiger charge is 2.20. The maximum absolute atomic E-state index is 12.5. The zero-order valence-corrected chi connectivity index (χ0v) is 15.9. The van der Waals surface area contributed by atoms with Crippen LogP contribution in [0, 0.1) is 0 Å². The van der Waals surface area contributed by atoms with Gasteiger partial charge in [0.15, 0.2) is 0 Å². The molecule has 28 heavy (non-hydrogen) atoms. The van der Waals surface area contributed by atoms with Crippen LogP contribution in [0.4, 0.5) is 10.5 Å². The molecule has 2 heterocycles. The molecule has 0 radical (unpaired) electrons. The van der Waals surface area contributed by atoms with Crippen molar-refractivity contribution in [1.29, 1.82) is 0 Å². The molecular weight excluding hydrogens is 378 g/mol. The number of methoxy groups -OCH3 is 1. The zero-order chi connectivity index (χ0) is 19.8. The predicted molar refractivity (Wildman–Crippen MR) is 107 cm³/mol. The first-order chi connectivity index (χ1) is 13.7. The number of pyridine rings is 1. The lowest BCUT2D eigenvalue weighted by Gasteiger charge is -2.17. The van der Waals surface area contributed by atoms with E-state index in [4.69, 9.17) is 9.47 Å². The Bertz CT molecular complexity index is 916. The molecule has 2 amide bonds. The van der Waals surface area contributed by atoms with E-state index < -0.39 is 18.0 Å². The van der Waals surface area contributed by atoms with E-state index in [0.29, 0.717) is 11.4 Å². The zero-order valence-electron chi connectivity index (χ0n) is 15.1. The van der Waals surface area contributed by atoms with Crippen LogP contribution in [0.5, 0.6) is 11.6 Å². The van der Waals surface area contributed by atoms with Crippen molar-refractivity contribution in [1.82, 2.24) is 10.3 Å². The second-order valence-electron chi connectivity index (χ2n) is 5.72. The van der Waals surface area contributed by atoms with Crippen LogP contribution in [0.2, 0.25) is 0 Å². The number of benzene rings is 1. The van der Waals surface area contributed by atoms with Gasteiger partial charge in [0.05, 0.1) is 19.6 Å². The number of anilines is 1. The predicted octanol–water partition coefficient (Wildman–Crippen LogP) is 4.36. The van der Waals surface area contributed by atoms with Crippen molar-refractivity contribution in [3.8, 4) is 11.6 Å². The maximum atomic E-state index is 12.5. The van der Waals surface area contributed by atoms with Gasteiger partial charge in [-0.3, -0.25) is 4.79 Å². The van der Waals surface area contributed by atoms with Crippen LogP contribution >= 0.6 is 11.3 Å². The fraction of sp³-hybridized carbons (Fsp3) is 0.150. The van der Waals surface area contributed by atoms with Gasteiger partial charge in [-0.15, -0.1) is 11.3 Å². The fourth-order valence-electron chi connectivity index (χ4n) is 2.45. The van der Waals surface area contributed by atoms with Gasteiger partial charge in [0.2, 0.25) is 5.88 Å². The van der Waals surface area contributed by atoms with E-state index in [1.165, 1.54) is 18.4 Å². The Morgan fingerprint density at radius 2 is 1.93 bits per heavy atom. The first-order valence-electron chi connectivity index (χ1n) is 8.51. The van der Waals surface area contributed by atoms with E-state index in [1.54, 1.807) is 30.5 Å². The van der Waals surface area contributed by atoms with Gasteiger partial charge in [0.1, 0.15) is 11.4 Å². The van der Waals surface area contributed by atoms with Crippen molar-refractivity contribution in [2.45, 2.75) is 12.5 Å². The number of nitrogens with zero attached hydrogens (tertiary/aromatic N) is 1. The second kappa shape index (κ2) is 9.52. The van der Waals surface area contributed by atoms with Crippen LogP contribution in [0.1, 0.15) is 17.3 Å². The quantitative estimate of drug-likeness (QED) is 0.578. The number of urea groups is 1. The second-order valence-corrected chi connectivity index (χ2v) is 6.70. The molecule has 0 unspecified atom stereocenters. The Kier molecular flexibility index (Phi) is 6.59. The topological polar surface area (TPSA) is 89.5 Å².